The fourth-order valence-corrected chi connectivity index (χ4v) is 2.21. The molecule has 9 heteroatoms. The molecular formula is C15H17FN4O3S. The van der Waals surface area contributed by atoms with E-state index in [0.717, 1.165) is 0 Å². The Hall–Kier alpha value is -2.36. The first-order chi connectivity index (χ1) is 11.5. The van der Waals surface area contributed by atoms with Crippen molar-refractivity contribution in [3.05, 3.63) is 52.8 Å². The summed E-state index contributed by atoms with van der Waals surface area (Å²) in [5.41, 5.74) is 0.965. The summed E-state index contributed by atoms with van der Waals surface area (Å²) in [6, 6.07) is 6.56. The summed E-state index contributed by atoms with van der Waals surface area (Å²) in [5, 5.41) is 5.22. The van der Waals surface area contributed by atoms with E-state index in [-0.39, 0.29) is 17.1 Å². The summed E-state index contributed by atoms with van der Waals surface area (Å²) in [7, 11) is 2.89. The number of carbonyl (C=O) groups is 1. The van der Waals surface area contributed by atoms with Crippen molar-refractivity contribution in [2.24, 2.45) is 0 Å². The maximum Gasteiger partial charge on any atom is 0.319 e. The van der Waals surface area contributed by atoms with E-state index in [1.807, 2.05) is 0 Å². The van der Waals surface area contributed by atoms with Crippen LogP contribution in [0, 0.1) is 10.6 Å². The molecule has 1 heterocycles. The van der Waals surface area contributed by atoms with Crippen molar-refractivity contribution < 1.29 is 18.7 Å². The van der Waals surface area contributed by atoms with E-state index in [1.54, 1.807) is 6.07 Å². The fraction of sp³-hybridized carbons (Fsp3) is 0.267. The normalized spacial score (nSPS) is 11.1. The van der Waals surface area contributed by atoms with Crippen LogP contribution in [-0.2, 0) is 15.3 Å². The molecule has 0 saturated heterocycles. The number of carbonyl (C=O) groups excluding carboxylic acids is 1. The molecule has 3 N–H and O–H groups in total. The molecule has 128 valence electrons. The van der Waals surface area contributed by atoms with Crippen molar-refractivity contribution in [1.29, 1.82) is 0 Å². The Morgan fingerprint density at radius 2 is 1.96 bits per heavy atom. The molecule has 0 radical (unpaired) electrons. The number of rotatable bonds is 6. The zero-order valence-corrected chi connectivity index (χ0v) is 13.9. The molecule has 0 aliphatic heterocycles. The SMILES string of the molecule is COC(CNC(=O)Nc1ccc(F)cc1)(OC)c1ccnc(=S)[nH]1. The van der Waals surface area contributed by atoms with Crippen LogP contribution in [0.1, 0.15) is 5.69 Å². The zero-order valence-electron chi connectivity index (χ0n) is 13.1. The summed E-state index contributed by atoms with van der Waals surface area (Å²) in [6.07, 6.45) is 1.51. The predicted molar refractivity (Wildman–Crippen MR) is 88.5 cm³/mol. The number of halogens is 1. The second kappa shape index (κ2) is 7.95. The number of nitrogens with zero attached hydrogens (tertiary/aromatic N) is 1. The minimum absolute atomic E-state index is 0.00230. The molecule has 0 unspecified atom stereocenters. The third-order valence-corrected chi connectivity index (χ3v) is 3.54. The number of aromatic amines is 1. The van der Waals surface area contributed by atoms with E-state index in [4.69, 9.17) is 21.7 Å². The van der Waals surface area contributed by atoms with Crippen LogP contribution in [0.5, 0.6) is 0 Å². The average molecular weight is 352 g/mol. The van der Waals surface area contributed by atoms with E-state index < -0.39 is 11.8 Å². The molecule has 0 aliphatic carbocycles. The van der Waals surface area contributed by atoms with Crippen molar-refractivity contribution in [3.8, 4) is 0 Å². The van der Waals surface area contributed by atoms with Crippen LogP contribution < -0.4 is 10.6 Å². The van der Waals surface area contributed by atoms with Gasteiger partial charge in [-0.25, -0.2) is 14.2 Å². The highest BCUT2D eigenvalue weighted by molar-refractivity contribution is 7.71. The summed E-state index contributed by atoms with van der Waals surface area (Å²) in [5.74, 6) is -1.64. The molecule has 24 heavy (non-hydrogen) atoms. The first-order valence-electron chi connectivity index (χ1n) is 6.95. The number of benzene rings is 1. The maximum absolute atomic E-state index is 12.9. The number of ether oxygens (including phenoxy) is 2. The Morgan fingerprint density at radius 1 is 1.29 bits per heavy atom. The Kier molecular flexibility index (Phi) is 5.96. The molecule has 2 rings (SSSR count). The summed E-state index contributed by atoms with van der Waals surface area (Å²) in [6.45, 7) is 0.00230. The molecule has 0 aliphatic rings. The molecule has 7 nitrogen and oxygen atoms in total. The molecule has 1 aromatic carbocycles. The minimum Gasteiger partial charge on any atom is -0.347 e. The molecule has 2 aromatic rings. The van der Waals surface area contributed by atoms with Gasteiger partial charge in [0, 0.05) is 26.1 Å². The van der Waals surface area contributed by atoms with Crippen LogP contribution in [0.25, 0.3) is 0 Å². The monoisotopic (exact) mass is 352 g/mol. The van der Waals surface area contributed by atoms with Crippen molar-refractivity contribution >= 4 is 23.9 Å². The number of hydrogen-bond donors (Lipinski definition) is 3. The van der Waals surface area contributed by atoms with Gasteiger partial charge >= 0.3 is 6.03 Å². The van der Waals surface area contributed by atoms with Gasteiger partial charge in [-0.3, -0.25) is 0 Å². The Bertz CT molecular complexity index is 747. The Labute approximate surface area is 143 Å². The van der Waals surface area contributed by atoms with Gasteiger partial charge in [0.15, 0.2) is 4.77 Å². The van der Waals surface area contributed by atoms with E-state index in [1.165, 1.54) is 44.7 Å². The zero-order chi connectivity index (χ0) is 17.6. The first-order valence-corrected chi connectivity index (χ1v) is 7.36. The lowest BCUT2D eigenvalue weighted by Crippen LogP contribution is -2.45. The second-order valence-corrected chi connectivity index (χ2v) is 5.15. The highest BCUT2D eigenvalue weighted by atomic mass is 32.1. The van der Waals surface area contributed by atoms with Crippen molar-refractivity contribution in [2.75, 3.05) is 26.1 Å². The first kappa shape index (κ1) is 18.0. The van der Waals surface area contributed by atoms with Crippen LogP contribution in [0.2, 0.25) is 0 Å². The number of aromatic nitrogens is 2. The number of nitrogens with one attached hydrogen (secondary N) is 3. The lowest BCUT2D eigenvalue weighted by Gasteiger charge is -2.30. The topological polar surface area (TPSA) is 88.3 Å². The van der Waals surface area contributed by atoms with Gasteiger partial charge in [-0.2, -0.15) is 0 Å². The number of hydrogen-bond acceptors (Lipinski definition) is 5. The second-order valence-electron chi connectivity index (χ2n) is 4.76. The van der Waals surface area contributed by atoms with Gasteiger partial charge in [0.1, 0.15) is 5.82 Å². The number of H-pyrrole nitrogens is 1. The molecule has 0 atom stereocenters. The van der Waals surface area contributed by atoms with Gasteiger partial charge < -0.3 is 25.1 Å². The van der Waals surface area contributed by atoms with E-state index >= 15 is 0 Å². The lowest BCUT2D eigenvalue weighted by molar-refractivity contribution is -0.213. The van der Waals surface area contributed by atoms with Crippen LogP contribution in [0.4, 0.5) is 14.9 Å². The Balaban J connectivity index is 2.06. The standard InChI is InChI=1S/C15H17FN4O3S/c1-22-15(23-2,12-7-8-17-14(24)20-12)9-18-13(21)19-11-5-3-10(16)4-6-11/h3-8H,9H2,1-2H3,(H,17,20,24)(H2,18,19,21). The van der Waals surface area contributed by atoms with Crippen molar-refractivity contribution in [1.82, 2.24) is 15.3 Å². The summed E-state index contributed by atoms with van der Waals surface area (Å²) < 4.78 is 24.0. The van der Waals surface area contributed by atoms with Gasteiger partial charge in [0.05, 0.1) is 12.2 Å². The quantitative estimate of drug-likeness (QED) is 0.549. The lowest BCUT2D eigenvalue weighted by atomic mass is 10.2. The van der Waals surface area contributed by atoms with Gasteiger partial charge in [0.2, 0.25) is 5.79 Å². The highest BCUT2D eigenvalue weighted by Crippen LogP contribution is 2.23. The fourth-order valence-electron chi connectivity index (χ4n) is 2.04. The van der Waals surface area contributed by atoms with Crippen LogP contribution >= 0.6 is 12.2 Å². The third-order valence-electron chi connectivity index (χ3n) is 3.33. The van der Waals surface area contributed by atoms with Crippen LogP contribution in [-0.4, -0.2) is 36.8 Å². The number of anilines is 1. The van der Waals surface area contributed by atoms with Crippen molar-refractivity contribution in [2.45, 2.75) is 5.79 Å². The number of urea groups is 1. The van der Waals surface area contributed by atoms with Crippen LogP contribution in [0.3, 0.4) is 0 Å². The molecule has 0 fully saturated rings. The van der Waals surface area contributed by atoms with E-state index in [9.17, 15) is 9.18 Å². The van der Waals surface area contributed by atoms with Crippen molar-refractivity contribution in [3.63, 3.8) is 0 Å². The molecule has 2 amide bonds. The third kappa shape index (κ3) is 4.34. The Morgan fingerprint density at radius 3 is 2.54 bits per heavy atom. The van der Waals surface area contributed by atoms with E-state index in [0.29, 0.717) is 11.4 Å². The predicted octanol–water partition coefficient (Wildman–Crippen LogP) is 2.55. The van der Waals surface area contributed by atoms with Gasteiger partial charge in [-0.1, -0.05) is 0 Å². The maximum atomic E-state index is 12.9. The molecular weight excluding hydrogens is 335 g/mol. The summed E-state index contributed by atoms with van der Waals surface area (Å²) >= 11 is 4.99. The van der Waals surface area contributed by atoms with Gasteiger partial charge in [0.25, 0.3) is 0 Å². The van der Waals surface area contributed by atoms with Crippen LogP contribution in [0.15, 0.2) is 36.5 Å². The number of amides is 2. The molecule has 0 spiro atoms. The molecule has 0 bridgehead atoms. The molecule has 0 saturated carbocycles. The molecule has 1 aromatic heterocycles. The summed E-state index contributed by atoms with van der Waals surface area (Å²) in [4.78, 5) is 18.8. The van der Waals surface area contributed by atoms with Gasteiger partial charge in [-0.05, 0) is 42.5 Å². The minimum atomic E-state index is -1.25. The smallest absolute Gasteiger partial charge is 0.319 e. The average Bonchev–Trinajstić information content (AvgIpc) is 2.58. The number of methoxy groups -OCH3 is 2. The van der Waals surface area contributed by atoms with Gasteiger partial charge in [-0.15, -0.1) is 0 Å². The van der Waals surface area contributed by atoms with E-state index in [2.05, 4.69) is 20.6 Å². The highest BCUT2D eigenvalue weighted by Gasteiger charge is 2.33. The largest absolute Gasteiger partial charge is 0.347 e.